The van der Waals surface area contributed by atoms with E-state index in [9.17, 15) is 0 Å². The Morgan fingerprint density at radius 1 is 1.26 bits per heavy atom. The molecule has 19 heavy (non-hydrogen) atoms. The summed E-state index contributed by atoms with van der Waals surface area (Å²) in [5.74, 6) is 1.42. The van der Waals surface area contributed by atoms with Gasteiger partial charge in [0.05, 0.1) is 0 Å². The lowest BCUT2D eigenvalue weighted by Crippen LogP contribution is -2.12. The van der Waals surface area contributed by atoms with Gasteiger partial charge in [0.25, 0.3) is 0 Å². The van der Waals surface area contributed by atoms with Crippen molar-refractivity contribution in [1.82, 2.24) is 10.1 Å². The average Bonchev–Trinajstić information content (AvgIpc) is 2.97. The van der Waals surface area contributed by atoms with E-state index in [1.807, 2.05) is 13.8 Å². The lowest BCUT2D eigenvalue weighted by Gasteiger charge is -2.15. The molecular formula is C14H21N3OS. The minimum absolute atomic E-state index is 0.142. The van der Waals surface area contributed by atoms with Gasteiger partial charge in [-0.25, -0.2) is 0 Å². The molecule has 0 spiro atoms. The van der Waals surface area contributed by atoms with Crippen molar-refractivity contribution in [2.75, 3.05) is 0 Å². The van der Waals surface area contributed by atoms with E-state index in [4.69, 9.17) is 10.3 Å². The van der Waals surface area contributed by atoms with Crippen LogP contribution in [0.3, 0.4) is 0 Å². The summed E-state index contributed by atoms with van der Waals surface area (Å²) < 4.78 is 5.21. The van der Waals surface area contributed by atoms with E-state index in [1.165, 1.54) is 4.88 Å². The minimum Gasteiger partial charge on any atom is -0.339 e. The predicted molar refractivity (Wildman–Crippen MR) is 77.4 cm³/mol. The minimum atomic E-state index is -0.308. The van der Waals surface area contributed by atoms with Gasteiger partial charge in [-0.2, -0.15) is 4.98 Å². The molecule has 2 aromatic rings. The predicted octanol–water partition coefficient (Wildman–Crippen LogP) is 3.60. The number of thiophene rings is 1. The third-order valence-electron chi connectivity index (χ3n) is 2.90. The Morgan fingerprint density at radius 3 is 2.42 bits per heavy atom. The number of nitrogens with two attached hydrogens (primary N) is 1. The molecule has 2 N–H and O–H groups in total. The second-order valence-corrected chi connectivity index (χ2v) is 7.19. The topological polar surface area (TPSA) is 64.9 Å². The Morgan fingerprint density at radius 2 is 1.95 bits per heavy atom. The van der Waals surface area contributed by atoms with Gasteiger partial charge in [-0.1, -0.05) is 39.8 Å². The summed E-state index contributed by atoms with van der Waals surface area (Å²) in [6.45, 7) is 10.6. The van der Waals surface area contributed by atoms with Crippen LogP contribution in [0.5, 0.6) is 0 Å². The van der Waals surface area contributed by atoms with Crippen LogP contribution >= 0.6 is 11.3 Å². The normalized spacial score (nSPS) is 14.1. The Labute approximate surface area is 118 Å². The number of rotatable bonds is 3. The Bertz CT molecular complexity index is 551. The third kappa shape index (κ3) is 3.04. The maximum Gasteiger partial charge on any atom is 0.229 e. The van der Waals surface area contributed by atoms with Crippen molar-refractivity contribution in [3.63, 3.8) is 0 Å². The molecule has 2 rings (SSSR count). The number of nitrogens with zero attached hydrogens (tertiary/aromatic N) is 2. The molecule has 2 heterocycles. The van der Waals surface area contributed by atoms with Crippen molar-refractivity contribution in [3.8, 4) is 0 Å². The monoisotopic (exact) mass is 279 g/mol. The highest BCUT2D eigenvalue weighted by atomic mass is 32.1. The summed E-state index contributed by atoms with van der Waals surface area (Å²) in [7, 11) is 0. The standard InChI is InChI=1S/C14H21N3OS/c1-8(2)13-16-12(17-18-13)11(15)9-6-7-10(19-9)14(3,4)5/h6-8,11H,15H2,1-5H3. The maximum atomic E-state index is 6.21. The average molecular weight is 279 g/mol. The van der Waals surface area contributed by atoms with E-state index >= 15 is 0 Å². The highest BCUT2D eigenvalue weighted by Crippen LogP contribution is 2.33. The fourth-order valence-electron chi connectivity index (χ4n) is 1.66. The zero-order valence-electron chi connectivity index (χ0n) is 12.1. The van der Waals surface area contributed by atoms with Gasteiger partial charge in [-0.05, 0) is 17.5 Å². The van der Waals surface area contributed by atoms with Gasteiger partial charge < -0.3 is 10.3 Å². The van der Waals surface area contributed by atoms with Crippen LogP contribution in [0.4, 0.5) is 0 Å². The summed E-state index contributed by atoms with van der Waals surface area (Å²) in [6.07, 6.45) is 0. The van der Waals surface area contributed by atoms with Crippen molar-refractivity contribution in [2.45, 2.75) is 52.0 Å². The van der Waals surface area contributed by atoms with Gasteiger partial charge in [0.1, 0.15) is 6.04 Å². The molecule has 5 heteroatoms. The molecule has 0 saturated carbocycles. The van der Waals surface area contributed by atoms with Crippen molar-refractivity contribution in [1.29, 1.82) is 0 Å². The van der Waals surface area contributed by atoms with Crippen LogP contribution < -0.4 is 5.73 Å². The smallest absolute Gasteiger partial charge is 0.229 e. The van der Waals surface area contributed by atoms with Crippen molar-refractivity contribution >= 4 is 11.3 Å². The Kier molecular flexibility index (Phi) is 3.78. The maximum absolute atomic E-state index is 6.21. The molecule has 0 fully saturated rings. The lowest BCUT2D eigenvalue weighted by atomic mass is 9.95. The molecular weight excluding hydrogens is 258 g/mol. The summed E-state index contributed by atoms with van der Waals surface area (Å²) in [6, 6.07) is 3.88. The first-order valence-electron chi connectivity index (χ1n) is 6.48. The fraction of sp³-hybridized carbons (Fsp3) is 0.571. The molecule has 0 amide bonds. The van der Waals surface area contributed by atoms with E-state index in [2.05, 4.69) is 43.0 Å². The van der Waals surface area contributed by atoms with Crippen LogP contribution in [0.15, 0.2) is 16.7 Å². The molecule has 1 atom stereocenters. The highest BCUT2D eigenvalue weighted by Gasteiger charge is 2.22. The molecule has 0 saturated heterocycles. The molecule has 0 aliphatic heterocycles. The third-order valence-corrected chi connectivity index (χ3v) is 4.50. The van der Waals surface area contributed by atoms with Gasteiger partial charge in [-0.15, -0.1) is 11.3 Å². The second kappa shape index (κ2) is 5.06. The van der Waals surface area contributed by atoms with Crippen LogP contribution in [0.25, 0.3) is 0 Å². The molecule has 2 aromatic heterocycles. The van der Waals surface area contributed by atoms with Gasteiger partial charge in [0.2, 0.25) is 5.89 Å². The van der Waals surface area contributed by atoms with E-state index in [0.29, 0.717) is 11.7 Å². The fourth-order valence-corrected chi connectivity index (χ4v) is 2.72. The Balaban J connectivity index is 2.23. The van der Waals surface area contributed by atoms with Crippen molar-refractivity contribution in [3.05, 3.63) is 33.6 Å². The van der Waals surface area contributed by atoms with Crippen LogP contribution in [0.1, 0.15) is 68.0 Å². The summed E-state index contributed by atoms with van der Waals surface area (Å²) in [4.78, 5) is 6.74. The first kappa shape index (κ1) is 14.2. The molecule has 0 aliphatic rings. The van der Waals surface area contributed by atoms with Crippen molar-refractivity contribution < 1.29 is 4.52 Å². The lowest BCUT2D eigenvalue weighted by molar-refractivity contribution is 0.359. The zero-order chi connectivity index (χ0) is 14.2. The van der Waals surface area contributed by atoms with Gasteiger partial charge in [-0.3, -0.25) is 0 Å². The molecule has 0 aliphatic carbocycles. The molecule has 0 aromatic carbocycles. The van der Waals surface area contributed by atoms with E-state index in [1.54, 1.807) is 11.3 Å². The summed E-state index contributed by atoms with van der Waals surface area (Å²) in [5, 5.41) is 3.98. The van der Waals surface area contributed by atoms with Gasteiger partial charge in [0.15, 0.2) is 5.82 Å². The second-order valence-electron chi connectivity index (χ2n) is 6.08. The molecule has 1 unspecified atom stereocenters. The SMILES string of the molecule is CC(C)c1nc(C(N)c2ccc(C(C)(C)C)s2)no1. The van der Waals surface area contributed by atoms with Crippen LogP contribution in [0, 0.1) is 0 Å². The number of aromatic nitrogens is 2. The van der Waals surface area contributed by atoms with E-state index in [0.717, 1.165) is 4.88 Å². The van der Waals surface area contributed by atoms with E-state index < -0.39 is 0 Å². The summed E-state index contributed by atoms with van der Waals surface area (Å²) in [5.41, 5.74) is 6.35. The van der Waals surface area contributed by atoms with Crippen LogP contribution in [-0.2, 0) is 5.41 Å². The molecule has 0 radical (unpaired) electrons. The first-order chi connectivity index (χ1) is 8.79. The summed E-state index contributed by atoms with van der Waals surface area (Å²) >= 11 is 1.71. The van der Waals surface area contributed by atoms with Crippen LogP contribution in [0.2, 0.25) is 0 Å². The zero-order valence-corrected chi connectivity index (χ0v) is 12.9. The molecule has 104 valence electrons. The molecule has 0 bridgehead atoms. The first-order valence-corrected chi connectivity index (χ1v) is 7.30. The largest absolute Gasteiger partial charge is 0.339 e. The number of hydrogen-bond donors (Lipinski definition) is 1. The van der Waals surface area contributed by atoms with E-state index in [-0.39, 0.29) is 17.4 Å². The van der Waals surface area contributed by atoms with Crippen molar-refractivity contribution in [2.24, 2.45) is 5.73 Å². The highest BCUT2D eigenvalue weighted by molar-refractivity contribution is 7.12. The number of hydrogen-bond acceptors (Lipinski definition) is 5. The van der Waals surface area contributed by atoms with Gasteiger partial charge >= 0.3 is 0 Å². The van der Waals surface area contributed by atoms with Gasteiger partial charge in [0, 0.05) is 15.7 Å². The molecule has 4 nitrogen and oxygen atoms in total. The Hall–Kier alpha value is -1.20. The quantitative estimate of drug-likeness (QED) is 0.932. The van der Waals surface area contributed by atoms with Crippen LogP contribution in [-0.4, -0.2) is 10.1 Å².